The summed E-state index contributed by atoms with van der Waals surface area (Å²) < 4.78 is 0. The van der Waals surface area contributed by atoms with Gasteiger partial charge in [0.15, 0.2) is 0 Å². The highest BCUT2D eigenvalue weighted by molar-refractivity contribution is 7.99. The third-order valence-corrected chi connectivity index (χ3v) is 3.67. The van der Waals surface area contributed by atoms with Crippen molar-refractivity contribution in [1.29, 1.82) is 0 Å². The third-order valence-electron chi connectivity index (χ3n) is 2.65. The van der Waals surface area contributed by atoms with Crippen LogP contribution in [-0.2, 0) is 9.59 Å². The van der Waals surface area contributed by atoms with Crippen molar-refractivity contribution in [3.05, 3.63) is 24.3 Å². The zero-order valence-electron chi connectivity index (χ0n) is 11.5. The van der Waals surface area contributed by atoms with Gasteiger partial charge in [0, 0.05) is 28.7 Å². The van der Waals surface area contributed by atoms with Crippen molar-refractivity contribution >= 4 is 35.0 Å². The van der Waals surface area contributed by atoms with E-state index in [4.69, 9.17) is 0 Å². The van der Waals surface area contributed by atoms with Crippen molar-refractivity contribution in [3.63, 3.8) is 0 Å². The fourth-order valence-electron chi connectivity index (χ4n) is 1.73. The normalized spacial score (nSPS) is 14.8. The fraction of sp³-hybridized carbons (Fsp3) is 0.357. The lowest BCUT2D eigenvalue weighted by Gasteiger charge is -2.12. The number of nitrogens with one attached hydrogen (secondary N) is 2. The van der Waals surface area contributed by atoms with E-state index >= 15 is 0 Å². The van der Waals surface area contributed by atoms with Crippen molar-refractivity contribution < 1.29 is 9.59 Å². The molecule has 2 amide bonds. The van der Waals surface area contributed by atoms with E-state index in [1.807, 2.05) is 24.3 Å². The summed E-state index contributed by atoms with van der Waals surface area (Å²) in [6.07, 6.45) is 0.676. The molecule has 0 aliphatic carbocycles. The lowest BCUT2D eigenvalue weighted by Crippen LogP contribution is -2.32. The lowest BCUT2D eigenvalue weighted by atomic mass is 10.1. The molecule has 0 unspecified atom stereocenters. The number of hydrogen-bond donors (Lipinski definition) is 2. The number of hydrogen-bond acceptors (Lipinski definition) is 4. The molecule has 0 saturated heterocycles. The highest BCUT2D eigenvalue weighted by Crippen LogP contribution is 2.24. The number of anilines is 1. The largest absolute Gasteiger partial charge is 0.321 e. The zero-order chi connectivity index (χ0) is 14.5. The number of carbonyl (C=O) groups excluding carboxylic acids is 2. The van der Waals surface area contributed by atoms with Crippen LogP contribution in [0.5, 0.6) is 0 Å². The standard InChI is InChI=1S/C14H17N3O2S/c1-9(2)20-11-5-3-10(4-6-11)15-14(19)12-7-8-13(18)17-16-12/h3-6,9H,7-8H2,1-2H3,(H,15,19)(H,17,18). The molecule has 0 aromatic heterocycles. The summed E-state index contributed by atoms with van der Waals surface area (Å²) in [5.41, 5.74) is 3.39. The molecule has 2 rings (SSSR count). The molecule has 0 atom stereocenters. The van der Waals surface area contributed by atoms with Gasteiger partial charge in [-0.05, 0) is 24.3 Å². The van der Waals surface area contributed by atoms with Gasteiger partial charge in [-0.2, -0.15) is 5.10 Å². The smallest absolute Gasteiger partial charge is 0.271 e. The van der Waals surface area contributed by atoms with Crippen molar-refractivity contribution in [2.45, 2.75) is 36.8 Å². The molecule has 1 heterocycles. The number of nitrogens with zero attached hydrogens (tertiary/aromatic N) is 1. The Bertz CT molecular complexity index is 538. The number of thioether (sulfide) groups is 1. The summed E-state index contributed by atoms with van der Waals surface area (Å²) >= 11 is 1.77. The van der Waals surface area contributed by atoms with Gasteiger partial charge in [0.1, 0.15) is 5.71 Å². The first-order valence-electron chi connectivity index (χ1n) is 6.48. The Morgan fingerprint density at radius 3 is 2.55 bits per heavy atom. The summed E-state index contributed by atoms with van der Waals surface area (Å²) in [6, 6.07) is 7.69. The van der Waals surface area contributed by atoms with Crippen molar-refractivity contribution in [1.82, 2.24) is 5.43 Å². The number of rotatable bonds is 4. The minimum Gasteiger partial charge on any atom is -0.321 e. The molecule has 1 aliphatic rings. The van der Waals surface area contributed by atoms with Crippen molar-refractivity contribution in [2.24, 2.45) is 5.10 Å². The molecule has 0 radical (unpaired) electrons. The van der Waals surface area contributed by atoms with Crippen LogP contribution in [0.2, 0.25) is 0 Å². The average molecular weight is 291 g/mol. The van der Waals surface area contributed by atoms with Gasteiger partial charge in [0.25, 0.3) is 5.91 Å². The molecule has 1 aliphatic heterocycles. The van der Waals surface area contributed by atoms with Crippen LogP contribution < -0.4 is 10.7 Å². The highest BCUT2D eigenvalue weighted by atomic mass is 32.2. The van der Waals surface area contributed by atoms with Gasteiger partial charge < -0.3 is 5.32 Å². The van der Waals surface area contributed by atoms with Gasteiger partial charge in [-0.1, -0.05) is 13.8 Å². The monoisotopic (exact) mass is 291 g/mol. The average Bonchev–Trinajstić information content (AvgIpc) is 2.41. The number of amides is 2. The maximum Gasteiger partial charge on any atom is 0.271 e. The van der Waals surface area contributed by atoms with Crippen LogP contribution in [0.15, 0.2) is 34.3 Å². The number of carbonyl (C=O) groups is 2. The molecule has 106 valence electrons. The maximum atomic E-state index is 11.9. The van der Waals surface area contributed by atoms with Crippen LogP contribution in [0.25, 0.3) is 0 Å². The Hall–Kier alpha value is -1.82. The summed E-state index contributed by atoms with van der Waals surface area (Å²) in [5.74, 6) is -0.425. The van der Waals surface area contributed by atoms with Crippen LogP contribution in [0.3, 0.4) is 0 Å². The third kappa shape index (κ3) is 4.09. The predicted octanol–water partition coefficient (Wildman–Crippen LogP) is 2.39. The summed E-state index contributed by atoms with van der Waals surface area (Å²) in [7, 11) is 0. The van der Waals surface area contributed by atoms with Gasteiger partial charge in [-0.3, -0.25) is 9.59 Å². The molecule has 0 spiro atoms. The van der Waals surface area contributed by atoms with Gasteiger partial charge >= 0.3 is 0 Å². The molecule has 0 fully saturated rings. The van der Waals surface area contributed by atoms with Gasteiger partial charge in [0.05, 0.1) is 0 Å². The number of hydrazone groups is 1. The van der Waals surface area contributed by atoms with Crippen LogP contribution >= 0.6 is 11.8 Å². The summed E-state index contributed by atoms with van der Waals surface area (Å²) in [4.78, 5) is 24.1. The second-order valence-electron chi connectivity index (χ2n) is 4.74. The molecule has 20 heavy (non-hydrogen) atoms. The minimum atomic E-state index is -0.269. The predicted molar refractivity (Wildman–Crippen MR) is 80.9 cm³/mol. The minimum absolute atomic E-state index is 0.156. The second-order valence-corrected chi connectivity index (χ2v) is 6.39. The Morgan fingerprint density at radius 1 is 1.30 bits per heavy atom. The summed E-state index contributed by atoms with van der Waals surface area (Å²) in [5, 5.41) is 7.06. The van der Waals surface area contributed by atoms with E-state index in [1.165, 1.54) is 4.90 Å². The summed E-state index contributed by atoms with van der Waals surface area (Å²) in [6.45, 7) is 4.27. The van der Waals surface area contributed by atoms with Gasteiger partial charge in [-0.25, -0.2) is 5.43 Å². The molecule has 0 saturated carbocycles. The molecule has 0 bridgehead atoms. The number of benzene rings is 1. The Kier molecular flexibility index (Phi) is 4.79. The zero-order valence-corrected chi connectivity index (χ0v) is 12.3. The first-order valence-corrected chi connectivity index (χ1v) is 7.36. The van der Waals surface area contributed by atoms with Gasteiger partial charge in [0.2, 0.25) is 5.91 Å². The topological polar surface area (TPSA) is 70.6 Å². The van der Waals surface area contributed by atoms with E-state index in [0.29, 0.717) is 23.8 Å². The molecule has 2 N–H and O–H groups in total. The molecular formula is C14H17N3O2S. The lowest BCUT2D eigenvalue weighted by molar-refractivity contribution is -0.121. The van der Waals surface area contributed by atoms with E-state index in [9.17, 15) is 9.59 Å². The fourth-order valence-corrected chi connectivity index (χ4v) is 2.57. The van der Waals surface area contributed by atoms with E-state index in [0.717, 1.165) is 5.69 Å². The molecule has 6 heteroatoms. The first kappa shape index (κ1) is 14.6. The van der Waals surface area contributed by atoms with E-state index in [2.05, 4.69) is 29.7 Å². The maximum absolute atomic E-state index is 11.9. The molecule has 5 nitrogen and oxygen atoms in total. The quantitative estimate of drug-likeness (QED) is 0.837. The second kappa shape index (κ2) is 6.56. The highest BCUT2D eigenvalue weighted by Gasteiger charge is 2.18. The van der Waals surface area contributed by atoms with E-state index < -0.39 is 0 Å². The Labute approximate surface area is 122 Å². The van der Waals surface area contributed by atoms with E-state index in [-0.39, 0.29) is 11.8 Å². The van der Waals surface area contributed by atoms with Crippen molar-refractivity contribution in [3.8, 4) is 0 Å². The first-order chi connectivity index (χ1) is 9.54. The van der Waals surface area contributed by atoms with Crippen LogP contribution in [-0.4, -0.2) is 22.8 Å². The van der Waals surface area contributed by atoms with E-state index in [1.54, 1.807) is 11.8 Å². The molecule has 1 aromatic rings. The SMILES string of the molecule is CC(C)Sc1ccc(NC(=O)C2=NNC(=O)CC2)cc1. The van der Waals surface area contributed by atoms with Crippen LogP contribution in [0, 0.1) is 0 Å². The van der Waals surface area contributed by atoms with Crippen molar-refractivity contribution in [2.75, 3.05) is 5.32 Å². The molecular weight excluding hydrogens is 274 g/mol. The van der Waals surface area contributed by atoms with Gasteiger partial charge in [-0.15, -0.1) is 11.8 Å². The Balaban J connectivity index is 1.96. The van der Waals surface area contributed by atoms with Crippen LogP contribution in [0.1, 0.15) is 26.7 Å². The molecule has 1 aromatic carbocycles. The van der Waals surface area contributed by atoms with Crippen LogP contribution in [0.4, 0.5) is 5.69 Å². The Morgan fingerprint density at radius 2 is 2.00 bits per heavy atom.